The first kappa shape index (κ1) is 17.0. The zero-order valence-electron chi connectivity index (χ0n) is 13.5. The average molecular weight is 279 g/mol. The number of benzene rings is 1. The van der Waals surface area contributed by atoms with Crippen molar-refractivity contribution in [2.24, 2.45) is 5.92 Å². The summed E-state index contributed by atoms with van der Waals surface area (Å²) in [5.74, 6) is 1.57. The summed E-state index contributed by atoms with van der Waals surface area (Å²) in [6.45, 7) is 10.4. The van der Waals surface area contributed by atoms with Gasteiger partial charge in [-0.25, -0.2) is 0 Å². The van der Waals surface area contributed by atoms with Crippen molar-refractivity contribution in [3.05, 3.63) is 29.8 Å². The number of ether oxygens (including phenoxy) is 2. The molecule has 0 fully saturated rings. The summed E-state index contributed by atoms with van der Waals surface area (Å²) < 4.78 is 11.2. The molecular formula is C17H29NO2. The fraction of sp³-hybridized carbons (Fsp3) is 0.647. The van der Waals surface area contributed by atoms with Crippen molar-refractivity contribution < 1.29 is 9.47 Å². The standard InChI is InChI=1S/C17H29NO2/c1-6-18-17(14(4)20-12-11-13(2)3)15-7-9-16(19-5)10-8-15/h7-10,13-14,17-18H,6,11-12H2,1-5H3. The molecule has 0 radical (unpaired) electrons. The minimum Gasteiger partial charge on any atom is -0.497 e. The minimum atomic E-state index is 0.155. The van der Waals surface area contributed by atoms with Gasteiger partial charge in [0.1, 0.15) is 5.75 Å². The Balaban J connectivity index is 2.65. The van der Waals surface area contributed by atoms with Crippen LogP contribution in [-0.4, -0.2) is 26.4 Å². The fourth-order valence-electron chi connectivity index (χ4n) is 2.17. The zero-order valence-corrected chi connectivity index (χ0v) is 13.5. The van der Waals surface area contributed by atoms with Gasteiger partial charge >= 0.3 is 0 Å². The molecule has 0 bridgehead atoms. The summed E-state index contributed by atoms with van der Waals surface area (Å²) in [6.07, 6.45) is 1.26. The number of likely N-dealkylation sites (N-methyl/N-ethyl adjacent to an activating group) is 1. The van der Waals surface area contributed by atoms with Crippen LogP contribution >= 0.6 is 0 Å². The Hall–Kier alpha value is -1.06. The van der Waals surface area contributed by atoms with Gasteiger partial charge in [0, 0.05) is 6.61 Å². The van der Waals surface area contributed by atoms with Crippen molar-refractivity contribution in [3.8, 4) is 5.75 Å². The zero-order chi connectivity index (χ0) is 15.0. The first-order valence-electron chi connectivity index (χ1n) is 7.57. The molecule has 0 saturated carbocycles. The summed E-state index contributed by atoms with van der Waals surface area (Å²) in [5, 5.41) is 3.51. The number of rotatable bonds is 9. The molecule has 3 nitrogen and oxygen atoms in total. The second kappa shape index (κ2) is 8.98. The highest BCUT2D eigenvalue weighted by atomic mass is 16.5. The van der Waals surface area contributed by atoms with Gasteiger partial charge in [0.25, 0.3) is 0 Å². The van der Waals surface area contributed by atoms with Crippen molar-refractivity contribution >= 4 is 0 Å². The Kier molecular flexibility index (Phi) is 7.63. The molecule has 20 heavy (non-hydrogen) atoms. The summed E-state index contributed by atoms with van der Waals surface area (Å²) in [7, 11) is 1.69. The maximum atomic E-state index is 5.98. The van der Waals surface area contributed by atoms with Gasteiger partial charge in [0.15, 0.2) is 0 Å². The third kappa shape index (κ3) is 5.51. The molecule has 0 amide bonds. The average Bonchev–Trinajstić information content (AvgIpc) is 2.44. The molecule has 1 N–H and O–H groups in total. The van der Waals surface area contributed by atoms with Crippen molar-refractivity contribution in [2.75, 3.05) is 20.3 Å². The highest BCUT2D eigenvalue weighted by Crippen LogP contribution is 2.22. The van der Waals surface area contributed by atoms with Crippen LogP contribution < -0.4 is 10.1 Å². The lowest BCUT2D eigenvalue weighted by atomic mass is 10.0. The fourth-order valence-corrected chi connectivity index (χ4v) is 2.17. The van der Waals surface area contributed by atoms with Crippen LogP contribution in [0.1, 0.15) is 45.7 Å². The van der Waals surface area contributed by atoms with Gasteiger partial charge in [-0.3, -0.25) is 0 Å². The van der Waals surface area contributed by atoms with E-state index in [1.54, 1.807) is 7.11 Å². The molecule has 0 aromatic heterocycles. The van der Waals surface area contributed by atoms with Crippen LogP contribution in [0.4, 0.5) is 0 Å². The maximum absolute atomic E-state index is 5.98. The molecule has 2 atom stereocenters. The second-order valence-corrected chi connectivity index (χ2v) is 5.57. The molecule has 0 aliphatic carbocycles. The highest BCUT2D eigenvalue weighted by Gasteiger charge is 2.19. The lowest BCUT2D eigenvalue weighted by Crippen LogP contribution is -2.32. The van der Waals surface area contributed by atoms with Crippen LogP contribution in [0.25, 0.3) is 0 Å². The van der Waals surface area contributed by atoms with Gasteiger partial charge in [-0.2, -0.15) is 0 Å². The Bertz CT molecular complexity index is 362. The molecule has 0 spiro atoms. The first-order valence-corrected chi connectivity index (χ1v) is 7.57. The Morgan fingerprint density at radius 3 is 2.25 bits per heavy atom. The minimum absolute atomic E-state index is 0.155. The van der Waals surface area contributed by atoms with Crippen molar-refractivity contribution in [3.63, 3.8) is 0 Å². The van der Waals surface area contributed by atoms with Gasteiger partial charge in [-0.1, -0.05) is 32.9 Å². The molecule has 1 aromatic carbocycles. The van der Waals surface area contributed by atoms with E-state index in [0.717, 1.165) is 25.3 Å². The van der Waals surface area contributed by atoms with E-state index in [1.165, 1.54) is 5.56 Å². The third-order valence-electron chi connectivity index (χ3n) is 3.44. The Morgan fingerprint density at radius 1 is 1.10 bits per heavy atom. The predicted octanol–water partition coefficient (Wildman–Crippen LogP) is 3.80. The van der Waals surface area contributed by atoms with E-state index >= 15 is 0 Å². The van der Waals surface area contributed by atoms with Crippen LogP contribution in [0, 0.1) is 5.92 Å². The van der Waals surface area contributed by atoms with Gasteiger partial charge in [0.05, 0.1) is 19.3 Å². The number of nitrogens with one attached hydrogen (secondary N) is 1. The van der Waals surface area contributed by atoms with Crippen LogP contribution in [0.15, 0.2) is 24.3 Å². The molecular weight excluding hydrogens is 250 g/mol. The molecule has 0 aliphatic rings. The molecule has 1 aromatic rings. The summed E-state index contributed by atoms with van der Waals surface area (Å²) in [5.41, 5.74) is 1.24. The second-order valence-electron chi connectivity index (χ2n) is 5.57. The quantitative estimate of drug-likeness (QED) is 0.746. The number of methoxy groups -OCH3 is 1. The van der Waals surface area contributed by atoms with Crippen LogP contribution in [0.5, 0.6) is 5.75 Å². The maximum Gasteiger partial charge on any atom is 0.118 e. The summed E-state index contributed by atoms with van der Waals surface area (Å²) >= 11 is 0. The largest absolute Gasteiger partial charge is 0.497 e. The number of hydrogen-bond acceptors (Lipinski definition) is 3. The van der Waals surface area contributed by atoms with Gasteiger partial charge in [-0.15, -0.1) is 0 Å². The van der Waals surface area contributed by atoms with E-state index in [9.17, 15) is 0 Å². The molecule has 2 unspecified atom stereocenters. The van der Waals surface area contributed by atoms with Crippen molar-refractivity contribution in [1.82, 2.24) is 5.32 Å². The highest BCUT2D eigenvalue weighted by molar-refractivity contribution is 5.29. The summed E-state index contributed by atoms with van der Waals surface area (Å²) in [4.78, 5) is 0. The van der Waals surface area contributed by atoms with Gasteiger partial charge in [0.2, 0.25) is 0 Å². The predicted molar refractivity (Wildman–Crippen MR) is 84.3 cm³/mol. The van der Waals surface area contributed by atoms with Gasteiger partial charge < -0.3 is 14.8 Å². The van der Waals surface area contributed by atoms with E-state index < -0.39 is 0 Å². The molecule has 1 rings (SSSR count). The topological polar surface area (TPSA) is 30.5 Å². The van der Waals surface area contributed by atoms with Crippen molar-refractivity contribution in [2.45, 2.75) is 46.3 Å². The van der Waals surface area contributed by atoms with Crippen molar-refractivity contribution in [1.29, 1.82) is 0 Å². The van der Waals surface area contributed by atoms with E-state index in [1.807, 2.05) is 12.1 Å². The van der Waals surface area contributed by atoms with E-state index in [2.05, 4.69) is 45.1 Å². The Morgan fingerprint density at radius 2 is 1.75 bits per heavy atom. The molecule has 0 heterocycles. The molecule has 0 aliphatic heterocycles. The lowest BCUT2D eigenvalue weighted by Gasteiger charge is -2.26. The Labute approximate surface area is 123 Å². The monoisotopic (exact) mass is 279 g/mol. The third-order valence-corrected chi connectivity index (χ3v) is 3.44. The van der Waals surface area contributed by atoms with Crippen LogP contribution in [0.3, 0.4) is 0 Å². The van der Waals surface area contributed by atoms with E-state index in [-0.39, 0.29) is 12.1 Å². The van der Waals surface area contributed by atoms with Crippen LogP contribution in [0.2, 0.25) is 0 Å². The van der Waals surface area contributed by atoms with E-state index in [4.69, 9.17) is 9.47 Å². The molecule has 0 saturated heterocycles. The number of hydrogen-bond donors (Lipinski definition) is 1. The van der Waals surface area contributed by atoms with E-state index in [0.29, 0.717) is 5.92 Å². The van der Waals surface area contributed by atoms with Crippen LogP contribution in [-0.2, 0) is 4.74 Å². The summed E-state index contributed by atoms with van der Waals surface area (Å²) in [6, 6.07) is 8.43. The smallest absolute Gasteiger partial charge is 0.118 e. The molecule has 3 heteroatoms. The molecule has 114 valence electrons. The normalized spacial score (nSPS) is 14.3. The lowest BCUT2D eigenvalue weighted by molar-refractivity contribution is 0.0329. The van der Waals surface area contributed by atoms with Gasteiger partial charge in [-0.05, 0) is 43.5 Å². The SMILES string of the molecule is CCNC(c1ccc(OC)cc1)C(C)OCCC(C)C. The first-order chi connectivity index (χ1) is 9.58.